The van der Waals surface area contributed by atoms with E-state index in [0.717, 1.165) is 25.8 Å². The Morgan fingerprint density at radius 2 is 2.10 bits per heavy atom. The van der Waals surface area contributed by atoms with Gasteiger partial charge in [-0.05, 0) is 19.3 Å². The molecule has 1 heterocycles. The summed E-state index contributed by atoms with van der Waals surface area (Å²) in [6, 6.07) is 0. The van der Waals surface area contributed by atoms with Gasteiger partial charge in [-0.3, -0.25) is 10.1 Å². The normalized spacial score (nSPS) is 22.8. The molecule has 0 saturated carbocycles. The molecule has 57 valence electrons. The lowest BCUT2D eigenvalue weighted by Crippen LogP contribution is -2.26. The predicted molar refractivity (Wildman–Crippen MR) is 39.6 cm³/mol. The minimum Gasteiger partial charge on any atom is -0.272 e. The Hall–Kier alpha value is -0.530. The van der Waals surface area contributed by atoms with E-state index in [1.807, 2.05) is 0 Å². The highest BCUT2D eigenvalue weighted by atomic mass is 16.2. The molecule has 1 aliphatic rings. The van der Waals surface area contributed by atoms with E-state index in [-0.39, 0.29) is 11.3 Å². The van der Waals surface area contributed by atoms with Crippen LogP contribution in [0.3, 0.4) is 0 Å². The molecule has 1 saturated heterocycles. The third kappa shape index (κ3) is 0.917. The van der Waals surface area contributed by atoms with E-state index in [1.54, 1.807) is 0 Å². The van der Waals surface area contributed by atoms with E-state index in [1.165, 1.54) is 0 Å². The topological polar surface area (TPSA) is 31.2 Å². The summed E-state index contributed by atoms with van der Waals surface area (Å²) in [6.45, 7) is 4.89. The number of carbonyl (C=O) groups excluding carboxylic acids is 1. The lowest BCUT2D eigenvalue weighted by atomic mass is 9.81. The van der Waals surface area contributed by atoms with Crippen LogP contribution >= 0.6 is 0 Å². The summed E-state index contributed by atoms with van der Waals surface area (Å²) in [4.78, 5) is 11.2. The van der Waals surface area contributed by atoms with Crippen molar-refractivity contribution in [2.45, 2.75) is 33.1 Å². The fourth-order valence-electron chi connectivity index (χ4n) is 1.55. The lowest BCUT2D eigenvalue weighted by molar-refractivity contribution is -0.128. The second-order valence-electron chi connectivity index (χ2n) is 2.92. The molecule has 0 bridgehead atoms. The Balaban J connectivity index is 2.71. The first kappa shape index (κ1) is 7.58. The van der Waals surface area contributed by atoms with Crippen molar-refractivity contribution in [2.75, 3.05) is 6.54 Å². The van der Waals surface area contributed by atoms with E-state index < -0.39 is 0 Å². The molecule has 0 N–H and O–H groups in total. The van der Waals surface area contributed by atoms with Gasteiger partial charge in [-0.15, -0.1) is 0 Å². The van der Waals surface area contributed by atoms with Crippen LogP contribution in [0.15, 0.2) is 0 Å². The number of hydrogen-bond acceptors (Lipinski definition) is 1. The molecule has 1 aliphatic heterocycles. The molecule has 0 atom stereocenters. The number of carbonyl (C=O) groups is 1. The van der Waals surface area contributed by atoms with E-state index in [2.05, 4.69) is 19.2 Å². The maximum absolute atomic E-state index is 11.2. The van der Waals surface area contributed by atoms with Crippen LogP contribution in [0, 0.1) is 5.41 Å². The summed E-state index contributed by atoms with van der Waals surface area (Å²) < 4.78 is 0. The van der Waals surface area contributed by atoms with Crippen LogP contribution in [0.2, 0.25) is 0 Å². The molecule has 2 heteroatoms. The quantitative estimate of drug-likeness (QED) is 0.569. The van der Waals surface area contributed by atoms with Gasteiger partial charge in [0.2, 0.25) is 5.91 Å². The van der Waals surface area contributed by atoms with Gasteiger partial charge in [-0.25, -0.2) is 0 Å². The first-order valence-electron chi connectivity index (χ1n) is 3.97. The third-order valence-electron chi connectivity index (χ3n) is 2.65. The summed E-state index contributed by atoms with van der Waals surface area (Å²) in [7, 11) is 0. The Bertz CT molecular complexity index is 138. The Labute approximate surface area is 62.0 Å². The van der Waals surface area contributed by atoms with Crippen LogP contribution in [-0.2, 0) is 4.79 Å². The molecule has 1 rings (SSSR count). The molecule has 10 heavy (non-hydrogen) atoms. The van der Waals surface area contributed by atoms with Crippen LogP contribution in [0.5, 0.6) is 0 Å². The maximum Gasteiger partial charge on any atom is 0.247 e. The minimum absolute atomic E-state index is 0.0694. The fraction of sp³-hybridized carbons (Fsp3) is 0.875. The Kier molecular flexibility index (Phi) is 1.97. The predicted octanol–water partition coefficient (Wildman–Crippen LogP) is 1.33. The minimum atomic E-state index is -0.0694. The van der Waals surface area contributed by atoms with Crippen molar-refractivity contribution in [3.05, 3.63) is 0 Å². The van der Waals surface area contributed by atoms with Gasteiger partial charge in [0, 0.05) is 6.54 Å². The monoisotopic (exact) mass is 140 g/mol. The van der Waals surface area contributed by atoms with Crippen molar-refractivity contribution in [3.63, 3.8) is 0 Å². The third-order valence-corrected chi connectivity index (χ3v) is 2.65. The van der Waals surface area contributed by atoms with E-state index in [4.69, 9.17) is 0 Å². The molecular weight excluding hydrogens is 126 g/mol. The van der Waals surface area contributed by atoms with E-state index in [0.29, 0.717) is 0 Å². The average molecular weight is 140 g/mol. The van der Waals surface area contributed by atoms with Crippen LogP contribution in [-0.4, -0.2) is 12.5 Å². The van der Waals surface area contributed by atoms with Gasteiger partial charge in [-0.1, -0.05) is 13.8 Å². The number of amides is 1. The van der Waals surface area contributed by atoms with Gasteiger partial charge in [0.25, 0.3) is 0 Å². The van der Waals surface area contributed by atoms with Crippen LogP contribution in [0.1, 0.15) is 33.1 Å². The second-order valence-corrected chi connectivity index (χ2v) is 2.92. The van der Waals surface area contributed by atoms with Gasteiger partial charge >= 0.3 is 0 Å². The molecule has 0 aromatic carbocycles. The summed E-state index contributed by atoms with van der Waals surface area (Å²) >= 11 is 0. The summed E-state index contributed by atoms with van der Waals surface area (Å²) in [6.07, 6.45) is 2.87. The van der Waals surface area contributed by atoms with Crippen molar-refractivity contribution in [1.82, 2.24) is 5.32 Å². The molecule has 0 spiro atoms. The SMILES string of the molecule is CCC1(CC)CC[N]C1=O. The smallest absolute Gasteiger partial charge is 0.247 e. The van der Waals surface area contributed by atoms with Gasteiger partial charge < -0.3 is 0 Å². The number of rotatable bonds is 2. The van der Waals surface area contributed by atoms with Crippen molar-refractivity contribution in [1.29, 1.82) is 0 Å². The number of nitrogens with zero attached hydrogens (tertiary/aromatic N) is 1. The largest absolute Gasteiger partial charge is 0.272 e. The highest BCUT2D eigenvalue weighted by Gasteiger charge is 2.39. The Morgan fingerprint density at radius 1 is 1.50 bits per heavy atom. The van der Waals surface area contributed by atoms with E-state index >= 15 is 0 Å². The zero-order chi connectivity index (χ0) is 7.61. The first-order chi connectivity index (χ1) is 4.75. The van der Waals surface area contributed by atoms with E-state index in [9.17, 15) is 4.79 Å². The first-order valence-corrected chi connectivity index (χ1v) is 3.97. The molecule has 0 aromatic heterocycles. The standard InChI is InChI=1S/C8H14NO/c1-3-8(4-2)5-6-9-7(8)10/h3-6H2,1-2H3. The van der Waals surface area contributed by atoms with Crippen LogP contribution in [0.4, 0.5) is 0 Å². The molecule has 0 aromatic rings. The molecule has 1 fully saturated rings. The summed E-state index contributed by atoms with van der Waals surface area (Å²) in [5.74, 6) is 0.137. The fourth-order valence-corrected chi connectivity index (χ4v) is 1.55. The summed E-state index contributed by atoms with van der Waals surface area (Å²) in [5, 5.41) is 3.89. The lowest BCUT2D eigenvalue weighted by Gasteiger charge is -2.20. The molecule has 2 nitrogen and oxygen atoms in total. The van der Waals surface area contributed by atoms with Gasteiger partial charge in [-0.2, -0.15) is 0 Å². The van der Waals surface area contributed by atoms with Crippen LogP contribution in [0.25, 0.3) is 0 Å². The molecular formula is C8H14NO. The van der Waals surface area contributed by atoms with Gasteiger partial charge in [0.15, 0.2) is 0 Å². The maximum atomic E-state index is 11.2. The average Bonchev–Trinajstić information content (AvgIpc) is 2.32. The molecule has 1 radical (unpaired) electrons. The van der Waals surface area contributed by atoms with Crippen molar-refractivity contribution in [2.24, 2.45) is 5.41 Å². The number of hydrogen-bond donors (Lipinski definition) is 0. The van der Waals surface area contributed by atoms with Gasteiger partial charge in [0.05, 0.1) is 5.41 Å². The van der Waals surface area contributed by atoms with Gasteiger partial charge in [0.1, 0.15) is 0 Å². The molecule has 0 aliphatic carbocycles. The second kappa shape index (κ2) is 2.60. The molecule has 1 amide bonds. The summed E-state index contributed by atoms with van der Waals surface area (Å²) in [5.41, 5.74) is -0.0694. The molecule has 0 unspecified atom stereocenters. The van der Waals surface area contributed by atoms with Crippen molar-refractivity contribution >= 4 is 5.91 Å². The highest BCUT2D eigenvalue weighted by Crippen LogP contribution is 2.34. The highest BCUT2D eigenvalue weighted by molar-refractivity contribution is 5.84. The zero-order valence-electron chi connectivity index (χ0n) is 6.68. The van der Waals surface area contributed by atoms with Crippen LogP contribution < -0.4 is 5.32 Å². The zero-order valence-corrected chi connectivity index (χ0v) is 6.68. The van der Waals surface area contributed by atoms with Crippen molar-refractivity contribution < 1.29 is 4.79 Å². The van der Waals surface area contributed by atoms with Crippen molar-refractivity contribution in [3.8, 4) is 0 Å². The Morgan fingerprint density at radius 3 is 2.30 bits per heavy atom.